The molecule has 0 bridgehead atoms. The minimum atomic E-state index is -1.02. The Kier molecular flexibility index (Phi) is 7.77. The summed E-state index contributed by atoms with van der Waals surface area (Å²) in [5.41, 5.74) is 4.55. The van der Waals surface area contributed by atoms with Gasteiger partial charge in [-0.15, -0.1) is 11.8 Å². The van der Waals surface area contributed by atoms with Gasteiger partial charge in [-0.1, -0.05) is 78.3 Å². The predicted octanol–water partition coefficient (Wildman–Crippen LogP) is 8.34. The molecule has 5 aromatic rings. The third-order valence-electron chi connectivity index (χ3n) is 6.13. The van der Waals surface area contributed by atoms with Crippen molar-refractivity contribution in [2.24, 2.45) is 0 Å². The van der Waals surface area contributed by atoms with Crippen LogP contribution in [0, 0.1) is 0 Å². The number of benzene rings is 4. The summed E-state index contributed by atoms with van der Waals surface area (Å²) in [4.78, 5) is 28.8. The molecule has 0 aliphatic rings. The molecule has 0 radical (unpaired) electrons. The maximum atomic E-state index is 11.9. The van der Waals surface area contributed by atoms with Crippen LogP contribution in [0.15, 0.2) is 108 Å². The van der Waals surface area contributed by atoms with E-state index in [1.165, 1.54) is 11.8 Å². The van der Waals surface area contributed by atoms with E-state index in [0.717, 1.165) is 33.3 Å². The van der Waals surface area contributed by atoms with E-state index in [1.54, 1.807) is 42.5 Å². The van der Waals surface area contributed by atoms with Crippen molar-refractivity contribution in [3.63, 3.8) is 0 Å². The van der Waals surface area contributed by atoms with Gasteiger partial charge in [-0.3, -0.25) is 0 Å². The third-order valence-corrected chi connectivity index (χ3v) is 7.76. The Morgan fingerprint density at radius 3 is 2.31 bits per heavy atom. The topological polar surface area (TPSA) is 87.5 Å². The van der Waals surface area contributed by atoms with Crippen molar-refractivity contribution >= 4 is 58.4 Å². The van der Waals surface area contributed by atoms with Gasteiger partial charge in [0, 0.05) is 15.3 Å². The van der Waals surface area contributed by atoms with Crippen molar-refractivity contribution in [3.05, 3.63) is 142 Å². The molecule has 1 heterocycles. The number of carbonyl (C=O) groups is 2. The zero-order valence-electron chi connectivity index (χ0n) is 20.5. The third kappa shape index (κ3) is 6.20. The molecule has 4 aromatic carbocycles. The fourth-order valence-electron chi connectivity index (χ4n) is 4.24. The molecule has 0 saturated heterocycles. The number of aromatic nitrogens is 1. The average molecular weight is 552 g/mol. The summed E-state index contributed by atoms with van der Waals surface area (Å²) in [6.07, 6.45) is 3.88. The van der Waals surface area contributed by atoms with Gasteiger partial charge in [-0.05, 0) is 65.2 Å². The monoisotopic (exact) mass is 551 g/mol. The van der Waals surface area contributed by atoms with Crippen LogP contribution in [0.25, 0.3) is 23.1 Å². The second kappa shape index (κ2) is 11.6. The second-order valence-corrected chi connectivity index (χ2v) is 10.4. The molecule has 0 aliphatic carbocycles. The molecule has 5 nitrogen and oxygen atoms in total. The molecule has 39 heavy (non-hydrogen) atoms. The van der Waals surface area contributed by atoms with Crippen LogP contribution in [0.2, 0.25) is 5.02 Å². The van der Waals surface area contributed by atoms with E-state index in [4.69, 9.17) is 11.6 Å². The summed E-state index contributed by atoms with van der Waals surface area (Å²) in [6.45, 7) is 0. The summed E-state index contributed by atoms with van der Waals surface area (Å²) in [5, 5.41) is 20.6. The van der Waals surface area contributed by atoms with Crippen molar-refractivity contribution < 1.29 is 19.8 Å². The lowest BCUT2D eigenvalue weighted by Gasteiger charge is -2.20. The molecule has 0 aliphatic heterocycles. The molecule has 5 rings (SSSR count). The highest BCUT2D eigenvalue weighted by Crippen LogP contribution is 2.42. The Hall–Kier alpha value is -4.39. The smallest absolute Gasteiger partial charge is 0.336 e. The van der Waals surface area contributed by atoms with E-state index in [9.17, 15) is 19.8 Å². The lowest BCUT2D eigenvalue weighted by atomic mass is 10.00. The standard InChI is InChI=1S/C32H22ClNO4S/c33-25-14-12-21-13-16-26(34-28(21)19-25)15-11-20-5-3-6-22(17-20)30(23-7-4-8-24(18-23)31(35)36)39-29-10-2-1-9-27(29)32(37)38/h1-19,30H,(H,35,36)(H,37,38). The normalized spacial score (nSPS) is 12.0. The predicted molar refractivity (Wildman–Crippen MR) is 157 cm³/mol. The number of thioether (sulfide) groups is 1. The highest BCUT2D eigenvalue weighted by Gasteiger charge is 2.21. The molecule has 1 unspecified atom stereocenters. The van der Waals surface area contributed by atoms with Gasteiger partial charge in [0.05, 0.1) is 27.6 Å². The van der Waals surface area contributed by atoms with Gasteiger partial charge in [-0.2, -0.15) is 0 Å². The fourth-order valence-corrected chi connectivity index (χ4v) is 5.67. The van der Waals surface area contributed by atoms with E-state index in [1.807, 2.05) is 72.8 Å². The quantitative estimate of drug-likeness (QED) is 0.188. The number of carboxylic acids is 2. The first kappa shape index (κ1) is 26.2. The van der Waals surface area contributed by atoms with Gasteiger partial charge >= 0.3 is 11.9 Å². The molecule has 1 aromatic heterocycles. The number of halogens is 1. The second-order valence-electron chi connectivity index (χ2n) is 8.81. The first-order valence-corrected chi connectivity index (χ1v) is 13.3. The fraction of sp³-hybridized carbons (Fsp3) is 0.0312. The van der Waals surface area contributed by atoms with Crippen LogP contribution in [0.3, 0.4) is 0 Å². The number of fused-ring (bicyclic) bond motifs is 1. The van der Waals surface area contributed by atoms with Gasteiger partial charge in [-0.25, -0.2) is 14.6 Å². The number of pyridine rings is 1. The number of rotatable bonds is 8. The molecule has 1 atom stereocenters. The Morgan fingerprint density at radius 1 is 0.769 bits per heavy atom. The van der Waals surface area contributed by atoms with E-state index in [0.29, 0.717) is 9.92 Å². The lowest BCUT2D eigenvalue weighted by molar-refractivity contribution is 0.0684. The average Bonchev–Trinajstić information content (AvgIpc) is 2.95. The first-order chi connectivity index (χ1) is 18.9. The van der Waals surface area contributed by atoms with Crippen LogP contribution in [0.1, 0.15) is 48.4 Å². The zero-order valence-corrected chi connectivity index (χ0v) is 22.1. The molecular formula is C32H22ClNO4S. The number of carboxylic acid groups (broad SMARTS) is 2. The molecular weight excluding hydrogens is 530 g/mol. The highest BCUT2D eigenvalue weighted by molar-refractivity contribution is 7.99. The Labute approximate surface area is 234 Å². The highest BCUT2D eigenvalue weighted by atomic mass is 35.5. The summed E-state index contributed by atoms with van der Waals surface area (Å²) < 4.78 is 0. The number of aromatic carboxylic acids is 2. The van der Waals surface area contributed by atoms with Crippen LogP contribution in [0.5, 0.6) is 0 Å². The molecule has 2 N–H and O–H groups in total. The zero-order chi connectivity index (χ0) is 27.4. The van der Waals surface area contributed by atoms with Crippen molar-refractivity contribution in [2.45, 2.75) is 10.1 Å². The molecule has 0 amide bonds. The van der Waals surface area contributed by atoms with E-state index in [-0.39, 0.29) is 16.4 Å². The molecule has 7 heteroatoms. The van der Waals surface area contributed by atoms with Crippen LogP contribution in [-0.4, -0.2) is 27.1 Å². The summed E-state index contributed by atoms with van der Waals surface area (Å²) in [7, 11) is 0. The van der Waals surface area contributed by atoms with Gasteiger partial charge in [0.15, 0.2) is 0 Å². The van der Waals surface area contributed by atoms with E-state index < -0.39 is 11.9 Å². The van der Waals surface area contributed by atoms with Crippen molar-refractivity contribution in [1.29, 1.82) is 0 Å². The summed E-state index contributed by atoms with van der Waals surface area (Å²) in [5.74, 6) is -2.04. The number of hydrogen-bond donors (Lipinski definition) is 2. The van der Waals surface area contributed by atoms with Crippen molar-refractivity contribution in [1.82, 2.24) is 4.98 Å². The van der Waals surface area contributed by atoms with Crippen LogP contribution in [0.4, 0.5) is 0 Å². The maximum Gasteiger partial charge on any atom is 0.336 e. The minimum Gasteiger partial charge on any atom is -0.478 e. The van der Waals surface area contributed by atoms with Crippen molar-refractivity contribution in [2.75, 3.05) is 0 Å². The largest absolute Gasteiger partial charge is 0.478 e. The molecule has 0 fully saturated rings. The summed E-state index contributed by atoms with van der Waals surface area (Å²) in [6, 6.07) is 31.0. The van der Waals surface area contributed by atoms with Gasteiger partial charge < -0.3 is 10.2 Å². The Morgan fingerprint density at radius 2 is 1.51 bits per heavy atom. The van der Waals surface area contributed by atoms with Gasteiger partial charge in [0.2, 0.25) is 0 Å². The molecule has 0 spiro atoms. The van der Waals surface area contributed by atoms with E-state index in [2.05, 4.69) is 4.98 Å². The lowest BCUT2D eigenvalue weighted by Crippen LogP contribution is -2.04. The van der Waals surface area contributed by atoms with Crippen molar-refractivity contribution in [3.8, 4) is 0 Å². The Bertz CT molecular complexity index is 1730. The van der Waals surface area contributed by atoms with Crippen LogP contribution < -0.4 is 0 Å². The number of nitrogens with zero attached hydrogens (tertiary/aromatic N) is 1. The molecule has 0 saturated carbocycles. The van der Waals surface area contributed by atoms with Gasteiger partial charge in [0.25, 0.3) is 0 Å². The van der Waals surface area contributed by atoms with E-state index >= 15 is 0 Å². The van der Waals surface area contributed by atoms with Gasteiger partial charge in [0.1, 0.15) is 0 Å². The maximum absolute atomic E-state index is 11.9. The minimum absolute atomic E-state index is 0.170. The van der Waals surface area contributed by atoms with Crippen LogP contribution >= 0.6 is 23.4 Å². The summed E-state index contributed by atoms with van der Waals surface area (Å²) >= 11 is 7.50. The van der Waals surface area contributed by atoms with Crippen LogP contribution in [-0.2, 0) is 0 Å². The number of hydrogen-bond acceptors (Lipinski definition) is 4. The first-order valence-electron chi connectivity index (χ1n) is 12.0. The Balaban J connectivity index is 1.52. The SMILES string of the molecule is O=C(O)c1cccc(C(Sc2ccccc2C(=O)O)c2cccc(C=Cc3ccc4ccc(Cl)cc4n3)c2)c1. The molecule has 192 valence electrons.